The van der Waals surface area contributed by atoms with Gasteiger partial charge in [0.05, 0.1) is 12.0 Å². The first-order valence-corrected chi connectivity index (χ1v) is 4.66. The van der Waals surface area contributed by atoms with Crippen LogP contribution in [0.1, 0.15) is 20.3 Å². The van der Waals surface area contributed by atoms with Crippen LogP contribution in [-0.4, -0.2) is 30.1 Å². The van der Waals surface area contributed by atoms with Crippen LogP contribution in [0.5, 0.6) is 0 Å². The van der Waals surface area contributed by atoms with Crippen LogP contribution in [0.25, 0.3) is 0 Å². The van der Waals surface area contributed by atoms with E-state index in [4.69, 9.17) is 0 Å². The lowest BCUT2D eigenvalue weighted by Crippen LogP contribution is -2.35. The lowest BCUT2D eigenvalue weighted by molar-refractivity contribution is -0.127. The van der Waals surface area contributed by atoms with Crippen LogP contribution in [0, 0.1) is 17.8 Å². The Bertz CT molecular complexity index is 202. The van der Waals surface area contributed by atoms with Crippen molar-refractivity contribution in [3.8, 4) is 0 Å². The van der Waals surface area contributed by atoms with Crippen LogP contribution in [0.15, 0.2) is 0 Å². The van der Waals surface area contributed by atoms with Gasteiger partial charge in [0, 0.05) is 11.8 Å². The highest BCUT2D eigenvalue weighted by molar-refractivity contribution is 5.66. The standard InChI is InChI=1S/C10H16O4/c1-3-8(5-12)10(14)9(6-13)7(2)4-11/h4-10,14H,3H2,1-2H3. The molecule has 14 heavy (non-hydrogen) atoms. The van der Waals surface area contributed by atoms with Gasteiger partial charge in [-0.2, -0.15) is 0 Å². The Kier molecular flexibility index (Phi) is 5.95. The summed E-state index contributed by atoms with van der Waals surface area (Å²) in [6.07, 6.45) is 1.17. The second-order valence-electron chi connectivity index (χ2n) is 3.41. The van der Waals surface area contributed by atoms with Crippen LogP contribution < -0.4 is 0 Å². The summed E-state index contributed by atoms with van der Waals surface area (Å²) in [4.78, 5) is 31.6. The van der Waals surface area contributed by atoms with Crippen molar-refractivity contribution in [1.82, 2.24) is 0 Å². The van der Waals surface area contributed by atoms with Crippen molar-refractivity contribution in [2.75, 3.05) is 0 Å². The van der Waals surface area contributed by atoms with E-state index in [1.54, 1.807) is 13.8 Å². The number of carbonyl (C=O) groups is 3. The zero-order chi connectivity index (χ0) is 11.1. The van der Waals surface area contributed by atoms with Crippen molar-refractivity contribution >= 4 is 18.9 Å². The SMILES string of the molecule is CCC(C=O)C(O)C(C=O)C(C)C=O. The number of aliphatic hydroxyl groups excluding tert-OH is 1. The minimum atomic E-state index is -1.06. The molecule has 80 valence electrons. The van der Waals surface area contributed by atoms with Gasteiger partial charge in [-0.3, -0.25) is 0 Å². The van der Waals surface area contributed by atoms with Crippen molar-refractivity contribution in [2.24, 2.45) is 17.8 Å². The Labute approximate surface area is 83.3 Å². The van der Waals surface area contributed by atoms with Crippen molar-refractivity contribution < 1.29 is 19.5 Å². The molecule has 4 unspecified atom stereocenters. The zero-order valence-corrected chi connectivity index (χ0v) is 8.42. The molecule has 0 aliphatic carbocycles. The molecule has 0 aromatic rings. The van der Waals surface area contributed by atoms with Crippen LogP contribution in [-0.2, 0) is 14.4 Å². The highest BCUT2D eigenvalue weighted by Gasteiger charge is 2.30. The molecular weight excluding hydrogens is 184 g/mol. The molecule has 0 aliphatic heterocycles. The fraction of sp³-hybridized carbons (Fsp3) is 0.700. The van der Waals surface area contributed by atoms with E-state index in [0.717, 1.165) is 0 Å². The van der Waals surface area contributed by atoms with E-state index < -0.39 is 23.9 Å². The molecule has 0 heterocycles. The van der Waals surface area contributed by atoms with Gasteiger partial charge in [0.2, 0.25) is 0 Å². The van der Waals surface area contributed by atoms with Crippen LogP contribution in [0.3, 0.4) is 0 Å². The minimum Gasteiger partial charge on any atom is -0.392 e. The Morgan fingerprint density at radius 3 is 2.00 bits per heavy atom. The topological polar surface area (TPSA) is 71.4 Å². The van der Waals surface area contributed by atoms with E-state index in [-0.39, 0.29) is 0 Å². The van der Waals surface area contributed by atoms with Gasteiger partial charge in [-0.1, -0.05) is 13.8 Å². The Hall–Kier alpha value is -1.03. The second-order valence-corrected chi connectivity index (χ2v) is 3.41. The maximum atomic E-state index is 10.6. The fourth-order valence-corrected chi connectivity index (χ4v) is 1.31. The third-order valence-corrected chi connectivity index (χ3v) is 2.46. The van der Waals surface area contributed by atoms with Gasteiger partial charge < -0.3 is 19.5 Å². The van der Waals surface area contributed by atoms with Crippen LogP contribution in [0.4, 0.5) is 0 Å². The smallest absolute Gasteiger partial charge is 0.126 e. The van der Waals surface area contributed by atoms with Gasteiger partial charge in [0.15, 0.2) is 0 Å². The molecule has 4 atom stereocenters. The molecule has 4 heteroatoms. The van der Waals surface area contributed by atoms with Gasteiger partial charge >= 0.3 is 0 Å². The van der Waals surface area contributed by atoms with Gasteiger partial charge in [-0.15, -0.1) is 0 Å². The third kappa shape index (κ3) is 3.03. The number of aliphatic hydroxyl groups is 1. The summed E-state index contributed by atoms with van der Waals surface area (Å²) in [5.74, 6) is -1.92. The minimum absolute atomic E-state index is 0.459. The molecule has 0 rings (SSSR count). The van der Waals surface area contributed by atoms with E-state index in [1.165, 1.54) is 0 Å². The average molecular weight is 200 g/mol. The first-order chi connectivity index (χ1) is 6.62. The number of hydrogen-bond donors (Lipinski definition) is 1. The van der Waals surface area contributed by atoms with Gasteiger partial charge in [-0.05, 0) is 6.42 Å². The van der Waals surface area contributed by atoms with Crippen LogP contribution >= 0.6 is 0 Å². The summed E-state index contributed by atoms with van der Waals surface area (Å²) in [6.45, 7) is 3.29. The predicted molar refractivity (Wildman–Crippen MR) is 50.6 cm³/mol. The summed E-state index contributed by atoms with van der Waals surface area (Å²) < 4.78 is 0. The molecule has 0 amide bonds. The Balaban J connectivity index is 4.57. The van der Waals surface area contributed by atoms with Crippen molar-refractivity contribution in [3.05, 3.63) is 0 Å². The number of rotatable bonds is 7. The molecule has 0 aliphatic rings. The summed E-state index contributed by atoms with van der Waals surface area (Å²) in [5, 5.41) is 9.65. The summed E-state index contributed by atoms with van der Waals surface area (Å²) in [7, 11) is 0. The summed E-state index contributed by atoms with van der Waals surface area (Å²) in [6, 6.07) is 0. The van der Waals surface area contributed by atoms with Crippen molar-refractivity contribution in [1.29, 1.82) is 0 Å². The molecule has 0 spiro atoms. The second kappa shape index (κ2) is 6.43. The summed E-state index contributed by atoms with van der Waals surface area (Å²) >= 11 is 0. The maximum absolute atomic E-state index is 10.6. The molecular formula is C10H16O4. The Morgan fingerprint density at radius 1 is 1.14 bits per heavy atom. The molecule has 0 radical (unpaired) electrons. The highest BCUT2D eigenvalue weighted by Crippen LogP contribution is 2.19. The molecule has 0 fully saturated rings. The predicted octanol–water partition coefficient (Wildman–Crippen LogP) is 0.222. The molecule has 0 aromatic heterocycles. The van der Waals surface area contributed by atoms with E-state index in [2.05, 4.69) is 0 Å². The molecule has 0 bridgehead atoms. The number of aldehydes is 3. The first-order valence-electron chi connectivity index (χ1n) is 4.66. The number of carbonyl (C=O) groups excluding carboxylic acids is 3. The van der Waals surface area contributed by atoms with Crippen molar-refractivity contribution in [2.45, 2.75) is 26.4 Å². The molecule has 4 nitrogen and oxygen atoms in total. The number of hydrogen-bond acceptors (Lipinski definition) is 4. The van der Waals surface area contributed by atoms with Crippen LogP contribution in [0.2, 0.25) is 0 Å². The van der Waals surface area contributed by atoms with Gasteiger partial charge in [0.1, 0.15) is 18.9 Å². The highest BCUT2D eigenvalue weighted by atomic mass is 16.3. The molecule has 0 aromatic carbocycles. The van der Waals surface area contributed by atoms with Gasteiger partial charge in [0.25, 0.3) is 0 Å². The quantitative estimate of drug-likeness (QED) is 0.597. The molecule has 0 saturated carbocycles. The van der Waals surface area contributed by atoms with E-state index >= 15 is 0 Å². The van der Waals surface area contributed by atoms with Gasteiger partial charge in [-0.25, -0.2) is 0 Å². The normalized spacial score (nSPS) is 19.1. The van der Waals surface area contributed by atoms with E-state index in [1.807, 2.05) is 0 Å². The average Bonchev–Trinajstić information content (AvgIpc) is 2.20. The Morgan fingerprint density at radius 2 is 1.71 bits per heavy atom. The van der Waals surface area contributed by atoms with Crippen molar-refractivity contribution in [3.63, 3.8) is 0 Å². The monoisotopic (exact) mass is 200 g/mol. The largest absolute Gasteiger partial charge is 0.392 e. The fourth-order valence-electron chi connectivity index (χ4n) is 1.31. The maximum Gasteiger partial charge on any atom is 0.126 e. The molecule has 1 N–H and O–H groups in total. The van der Waals surface area contributed by atoms with E-state index in [0.29, 0.717) is 25.3 Å². The zero-order valence-electron chi connectivity index (χ0n) is 8.42. The van der Waals surface area contributed by atoms with E-state index in [9.17, 15) is 19.5 Å². The lowest BCUT2D eigenvalue weighted by atomic mass is 9.84. The lowest BCUT2D eigenvalue weighted by Gasteiger charge is -2.23. The summed E-state index contributed by atoms with van der Waals surface area (Å²) in [5.41, 5.74) is 0. The third-order valence-electron chi connectivity index (χ3n) is 2.46. The molecule has 0 saturated heterocycles. The first kappa shape index (κ1) is 13.0.